The third-order valence-electron chi connectivity index (χ3n) is 2.08. The van der Waals surface area contributed by atoms with Gasteiger partial charge in [-0.05, 0) is 23.8 Å². The molecule has 0 aliphatic carbocycles. The Morgan fingerprint density at radius 1 is 1.25 bits per heavy atom. The lowest BCUT2D eigenvalue weighted by atomic mass is 10.2. The van der Waals surface area contributed by atoms with Crippen LogP contribution in [-0.4, -0.2) is 22.3 Å². The van der Waals surface area contributed by atoms with Crippen LogP contribution in [0.2, 0.25) is 10.0 Å². The van der Waals surface area contributed by atoms with Gasteiger partial charge in [-0.25, -0.2) is 0 Å². The third kappa shape index (κ3) is 5.30. The topological polar surface area (TPSA) is 29.1 Å². The molecule has 5 heteroatoms. The minimum atomic E-state index is -0.708. The Morgan fingerprint density at radius 2 is 1.88 bits per heavy atom. The van der Waals surface area contributed by atoms with Gasteiger partial charge in [0.15, 0.2) is 0 Å². The maximum atomic E-state index is 11.2. The smallest absolute Gasteiger partial charge is 0.0424 e. The summed E-state index contributed by atoms with van der Waals surface area (Å²) in [6.07, 6.45) is 0. The molecule has 2 nitrogen and oxygen atoms in total. The monoisotopic (exact) mass is 279 g/mol. The predicted molar refractivity (Wildman–Crippen MR) is 71.7 cm³/mol. The summed E-state index contributed by atoms with van der Waals surface area (Å²) < 4.78 is 11.2. The number of hydrogen-bond acceptors (Lipinski definition) is 2. The van der Waals surface area contributed by atoms with Crippen LogP contribution < -0.4 is 5.32 Å². The predicted octanol–water partition coefficient (Wildman–Crippen LogP) is 2.85. The van der Waals surface area contributed by atoms with Gasteiger partial charge in [0.25, 0.3) is 0 Å². The van der Waals surface area contributed by atoms with Crippen molar-refractivity contribution in [3.63, 3.8) is 0 Å². The fourth-order valence-electron chi connectivity index (χ4n) is 1.28. The summed E-state index contributed by atoms with van der Waals surface area (Å²) in [6.45, 7) is 3.36. The quantitative estimate of drug-likeness (QED) is 0.812. The molecular formula is C11H15Cl2NOS. The zero-order chi connectivity index (χ0) is 12.0. The van der Waals surface area contributed by atoms with Gasteiger partial charge in [-0.3, -0.25) is 4.21 Å². The fourth-order valence-corrected chi connectivity index (χ4v) is 2.51. The largest absolute Gasteiger partial charge is 0.312 e. The second kappa shape index (κ2) is 7.28. The van der Waals surface area contributed by atoms with Crippen LogP contribution >= 0.6 is 23.2 Å². The van der Waals surface area contributed by atoms with Crippen LogP contribution in [-0.2, 0) is 17.3 Å². The van der Waals surface area contributed by atoms with E-state index in [0.717, 1.165) is 12.1 Å². The molecule has 0 bridgehead atoms. The van der Waals surface area contributed by atoms with Gasteiger partial charge in [-0.2, -0.15) is 0 Å². The Hall–Kier alpha value is -0.0900. The maximum Gasteiger partial charge on any atom is 0.0424 e. The Kier molecular flexibility index (Phi) is 6.36. The molecule has 1 aromatic carbocycles. The van der Waals surface area contributed by atoms with E-state index < -0.39 is 10.8 Å². The molecule has 0 saturated heterocycles. The number of nitrogens with one attached hydrogen (secondary N) is 1. The molecule has 16 heavy (non-hydrogen) atoms. The van der Waals surface area contributed by atoms with Gasteiger partial charge in [0, 0.05) is 45.4 Å². The summed E-state index contributed by atoms with van der Waals surface area (Å²) in [5, 5.41) is 4.49. The molecule has 0 saturated carbocycles. The van der Waals surface area contributed by atoms with Crippen LogP contribution in [0.5, 0.6) is 0 Å². The Morgan fingerprint density at radius 3 is 2.44 bits per heavy atom. The van der Waals surface area contributed by atoms with Crippen LogP contribution in [0.3, 0.4) is 0 Å². The second-order valence-electron chi connectivity index (χ2n) is 3.39. The lowest BCUT2D eigenvalue weighted by molar-refractivity contribution is 0.674. The molecule has 0 radical (unpaired) electrons. The van der Waals surface area contributed by atoms with Crippen molar-refractivity contribution in [2.45, 2.75) is 13.5 Å². The van der Waals surface area contributed by atoms with Crippen molar-refractivity contribution in [3.8, 4) is 0 Å². The maximum absolute atomic E-state index is 11.2. The Balaban J connectivity index is 2.34. The molecule has 0 fully saturated rings. The minimum Gasteiger partial charge on any atom is -0.312 e. The number of rotatable bonds is 6. The van der Waals surface area contributed by atoms with Crippen molar-refractivity contribution in [1.82, 2.24) is 5.32 Å². The number of hydrogen-bond donors (Lipinski definition) is 1. The van der Waals surface area contributed by atoms with Crippen LogP contribution in [0.15, 0.2) is 18.2 Å². The van der Waals surface area contributed by atoms with Gasteiger partial charge in [0.1, 0.15) is 0 Å². The van der Waals surface area contributed by atoms with Gasteiger partial charge >= 0.3 is 0 Å². The van der Waals surface area contributed by atoms with E-state index in [0.29, 0.717) is 28.1 Å². The van der Waals surface area contributed by atoms with Gasteiger partial charge in [0.2, 0.25) is 0 Å². The molecule has 0 amide bonds. The highest BCUT2D eigenvalue weighted by Crippen LogP contribution is 2.18. The average Bonchev–Trinajstić information content (AvgIpc) is 2.22. The van der Waals surface area contributed by atoms with Gasteiger partial charge in [-0.15, -0.1) is 0 Å². The van der Waals surface area contributed by atoms with Crippen molar-refractivity contribution in [1.29, 1.82) is 0 Å². The first-order chi connectivity index (χ1) is 7.61. The first kappa shape index (κ1) is 14.0. The summed E-state index contributed by atoms with van der Waals surface area (Å²) in [4.78, 5) is 0. The van der Waals surface area contributed by atoms with Crippen LogP contribution in [0.1, 0.15) is 12.5 Å². The van der Waals surface area contributed by atoms with E-state index in [-0.39, 0.29) is 0 Å². The van der Waals surface area contributed by atoms with Crippen molar-refractivity contribution in [2.75, 3.05) is 18.1 Å². The minimum absolute atomic E-state index is 0.640. The van der Waals surface area contributed by atoms with E-state index in [1.54, 1.807) is 6.07 Å². The third-order valence-corrected chi connectivity index (χ3v) is 3.82. The lowest BCUT2D eigenvalue weighted by Gasteiger charge is -2.05. The zero-order valence-corrected chi connectivity index (χ0v) is 11.5. The standard InChI is InChI=1S/C11H15Cl2NOS/c1-2-16(15)4-3-14-8-9-5-10(12)7-11(13)6-9/h5-7,14H,2-4,8H2,1H3. The van der Waals surface area contributed by atoms with Crippen LogP contribution in [0.4, 0.5) is 0 Å². The summed E-state index contributed by atoms with van der Waals surface area (Å²) >= 11 is 11.7. The van der Waals surface area contributed by atoms with E-state index in [1.165, 1.54) is 0 Å². The number of benzene rings is 1. The molecule has 1 N–H and O–H groups in total. The molecule has 1 unspecified atom stereocenters. The van der Waals surface area contributed by atoms with Crippen LogP contribution in [0.25, 0.3) is 0 Å². The SMILES string of the molecule is CCS(=O)CCNCc1cc(Cl)cc(Cl)c1. The normalized spacial score (nSPS) is 12.7. The summed E-state index contributed by atoms with van der Waals surface area (Å²) in [6, 6.07) is 5.45. The molecule has 90 valence electrons. The van der Waals surface area contributed by atoms with Gasteiger partial charge in [-0.1, -0.05) is 30.1 Å². The zero-order valence-electron chi connectivity index (χ0n) is 9.13. The van der Waals surface area contributed by atoms with Crippen molar-refractivity contribution in [2.24, 2.45) is 0 Å². The summed E-state index contributed by atoms with van der Waals surface area (Å²) in [7, 11) is -0.708. The summed E-state index contributed by atoms with van der Waals surface area (Å²) in [5.74, 6) is 1.40. The van der Waals surface area contributed by atoms with E-state index in [2.05, 4.69) is 5.32 Å². The highest BCUT2D eigenvalue weighted by molar-refractivity contribution is 7.84. The fraction of sp³-hybridized carbons (Fsp3) is 0.455. The van der Waals surface area contributed by atoms with Crippen molar-refractivity contribution >= 4 is 34.0 Å². The first-order valence-electron chi connectivity index (χ1n) is 5.12. The van der Waals surface area contributed by atoms with Crippen molar-refractivity contribution in [3.05, 3.63) is 33.8 Å². The highest BCUT2D eigenvalue weighted by Gasteiger charge is 1.99. The molecule has 0 spiro atoms. The van der Waals surface area contributed by atoms with E-state index in [1.807, 2.05) is 19.1 Å². The molecule has 1 aromatic rings. The average molecular weight is 280 g/mol. The molecular weight excluding hydrogens is 265 g/mol. The molecule has 1 rings (SSSR count). The first-order valence-corrected chi connectivity index (χ1v) is 7.37. The molecule has 1 atom stereocenters. The molecule has 0 aliphatic rings. The Bertz CT molecular complexity index is 351. The Labute approximate surface area is 109 Å². The van der Waals surface area contributed by atoms with Crippen LogP contribution in [0, 0.1) is 0 Å². The van der Waals surface area contributed by atoms with E-state index in [4.69, 9.17) is 23.2 Å². The molecule has 0 aromatic heterocycles. The van der Waals surface area contributed by atoms with E-state index in [9.17, 15) is 4.21 Å². The van der Waals surface area contributed by atoms with Gasteiger partial charge in [0.05, 0.1) is 0 Å². The number of halogens is 2. The molecule has 0 aliphatic heterocycles. The lowest BCUT2D eigenvalue weighted by Crippen LogP contribution is -2.20. The molecule has 0 heterocycles. The van der Waals surface area contributed by atoms with Gasteiger partial charge < -0.3 is 5.32 Å². The van der Waals surface area contributed by atoms with E-state index >= 15 is 0 Å². The summed E-state index contributed by atoms with van der Waals surface area (Å²) in [5.41, 5.74) is 1.04. The highest BCUT2D eigenvalue weighted by atomic mass is 35.5. The van der Waals surface area contributed by atoms with Crippen molar-refractivity contribution < 1.29 is 4.21 Å². The second-order valence-corrected chi connectivity index (χ2v) is 6.13.